The minimum absolute atomic E-state index is 0.167. The van der Waals surface area contributed by atoms with Crippen LogP contribution in [0.4, 0.5) is 4.39 Å². The Balaban J connectivity index is 1.65. The summed E-state index contributed by atoms with van der Waals surface area (Å²) < 4.78 is 18.8. The number of thiazole rings is 1. The maximum Gasteiger partial charge on any atom is 0.270 e. The van der Waals surface area contributed by atoms with E-state index in [0.29, 0.717) is 24.6 Å². The Hall–Kier alpha value is -2.73. The highest BCUT2D eigenvalue weighted by Gasteiger charge is 2.11. The van der Waals surface area contributed by atoms with Gasteiger partial charge in [0.25, 0.3) is 5.91 Å². The maximum absolute atomic E-state index is 13.2. The summed E-state index contributed by atoms with van der Waals surface area (Å²) in [6.45, 7) is 2.74. The molecule has 0 saturated heterocycles. The first-order valence-corrected chi connectivity index (χ1v) is 8.75. The normalized spacial score (nSPS) is 10.5. The second-order valence-corrected chi connectivity index (χ2v) is 6.20. The average Bonchev–Trinajstić information content (AvgIpc) is 3.11. The molecule has 0 aliphatic carbocycles. The van der Waals surface area contributed by atoms with Crippen molar-refractivity contribution in [3.05, 3.63) is 71.0 Å². The Morgan fingerprint density at radius 2 is 2.04 bits per heavy atom. The molecule has 1 N–H and O–H groups in total. The van der Waals surface area contributed by atoms with Crippen molar-refractivity contribution < 1.29 is 13.9 Å². The highest BCUT2D eigenvalue weighted by atomic mass is 32.1. The number of rotatable bonds is 6. The van der Waals surface area contributed by atoms with E-state index in [1.54, 1.807) is 11.4 Å². The monoisotopic (exact) mass is 356 g/mol. The van der Waals surface area contributed by atoms with Gasteiger partial charge in [-0.15, -0.1) is 11.3 Å². The molecule has 0 spiro atoms. The fourth-order valence-electron chi connectivity index (χ4n) is 2.25. The highest BCUT2D eigenvalue weighted by Crippen LogP contribution is 2.26. The second kappa shape index (κ2) is 7.90. The Kier molecular flexibility index (Phi) is 5.40. The molecule has 128 valence electrons. The molecule has 0 radical (unpaired) electrons. The smallest absolute Gasteiger partial charge is 0.270 e. The van der Waals surface area contributed by atoms with Crippen LogP contribution in [-0.4, -0.2) is 17.4 Å². The number of hydrogen-bond donors (Lipinski definition) is 1. The van der Waals surface area contributed by atoms with Crippen molar-refractivity contribution in [3.8, 4) is 16.3 Å². The molecule has 0 atom stereocenters. The van der Waals surface area contributed by atoms with Crippen LogP contribution in [-0.2, 0) is 6.61 Å². The van der Waals surface area contributed by atoms with Crippen LogP contribution in [0.1, 0.15) is 23.0 Å². The fraction of sp³-hybridized carbons (Fsp3) is 0.158. The molecule has 3 rings (SSSR count). The molecule has 1 heterocycles. The quantitative estimate of drug-likeness (QED) is 0.717. The number of carbonyl (C=O) groups excluding carboxylic acids is 1. The summed E-state index contributed by atoms with van der Waals surface area (Å²) >= 11 is 1.42. The van der Waals surface area contributed by atoms with Gasteiger partial charge >= 0.3 is 0 Å². The molecule has 0 bridgehead atoms. The lowest BCUT2D eigenvalue weighted by atomic mass is 10.2. The van der Waals surface area contributed by atoms with Gasteiger partial charge in [-0.25, -0.2) is 9.37 Å². The molecule has 4 nitrogen and oxygen atoms in total. The first-order valence-electron chi connectivity index (χ1n) is 7.87. The van der Waals surface area contributed by atoms with Gasteiger partial charge in [0.2, 0.25) is 0 Å². The molecule has 25 heavy (non-hydrogen) atoms. The van der Waals surface area contributed by atoms with E-state index in [9.17, 15) is 9.18 Å². The second-order valence-electron chi connectivity index (χ2n) is 5.34. The van der Waals surface area contributed by atoms with Gasteiger partial charge in [0.1, 0.15) is 28.9 Å². The van der Waals surface area contributed by atoms with Gasteiger partial charge in [-0.05, 0) is 48.9 Å². The van der Waals surface area contributed by atoms with Gasteiger partial charge in [0.05, 0.1) is 0 Å². The molecular formula is C19H17FN2O2S. The Morgan fingerprint density at radius 1 is 1.24 bits per heavy atom. The number of carbonyl (C=O) groups is 1. The van der Waals surface area contributed by atoms with E-state index < -0.39 is 0 Å². The molecule has 0 saturated carbocycles. The van der Waals surface area contributed by atoms with Crippen molar-refractivity contribution in [2.24, 2.45) is 0 Å². The van der Waals surface area contributed by atoms with Gasteiger partial charge in [-0.1, -0.05) is 12.1 Å². The van der Waals surface area contributed by atoms with E-state index in [0.717, 1.165) is 16.1 Å². The topological polar surface area (TPSA) is 51.2 Å². The maximum atomic E-state index is 13.2. The molecule has 1 aromatic heterocycles. The summed E-state index contributed by atoms with van der Waals surface area (Å²) in [5.74, 6) is 0.247. The van der Waals surface area contributed by atoms with Gasteiger partial charge in [0, 0.05) is 17.5 Å². The molecule has 0 aliphatic rings. The van der Waals surface area contributed by atoms with Crippen molar-refractivity contribution in [1.29, 1.82) is 0 Å². The number of nitrogens with one attached hydrogen (secondary N) is 1. The minimum Gasteiger partial charge on any atom is -0.489 e. The third kappa shape index (κ3) is 4.42. The van der Waals surface area contributed by atoms with Crippen LogP contribution in [0.25, 0.3) is 10.6 Å². The molecule has 0 aliphatic heterocycles. The lowest BCUT2D eigenvalue weighted by Crippen LogP contribution is -2.22. The van der Waals surface area contributed by atoms with Crippen molar-refractivity contribution in [2.75, 3.05) is 6.54 Å². The molecule has 6 heteroatoms. The van der Waals surface area contributed by atoms with Crippen LogP contribution in [0.3, 0.4) is 0 Å². The number of amides is 1. The van der Waals surface area contributed by atoms with Crippen molar-refractivity contribution >= 4 is 17.2 Å². The third-order valence-electron chi connectivity index (χ3n) is 3.47. The first kappa shape index (κ1) is 17.1. The average molecular weight is 356 g/mol. The summed E-state index contributed by atoms with van der Waals surface area (Å²) in [5.41, 5.74) is 2.11. The summed E-state index contributed by atoms with van der Waals surface area (Å²) in [6.07, 6.45) is 0. The summed E-state index contributed by atoms with van der Waals surface area (Å²) in [7, 11) is 0. The van der Waals surface area contributed by atoms with E-state index in [4.69, 9.17) is 4.74 Å². The lowest BCUT2D eigenvalue weighted by Gasteiger charge is -2.07. The van der Waals surface area contributed by atoms with Gasteiger partial charge in [-0.3, -0.25) is 4.79 Å². The third-order valence-corrected chi connectivity index (χ3v) is 4.36. The van der Waals surface area contributed by atoms with Crippen LogP contribution < -0.4 is 10.1 Å². The number of aromatic nitrogens is 1. The SMILES string of the molecule is CCNC(=O)c1csc(-c2ccc(OCc3cccc(F)c3)cc2)n1. The van der Waals surface area contributed by atoms with Crippen LogP contribution in [0.2, 0.25) is 0 Å². The van der Waals surface area contributed by atoms with Crippen LogP contribution in [0, 0.1) is 5.82 Å². The highest BCUT2D eigenvalue weighted by molar-refractivity contribution is 7.13. The van der Waals surface area contributed by atoms with Crippen LogP contribution in [0.5, 0.6) is 5.75 Å². The first-order chi connectivity index (χ1) is 12.2. The Bertz CT molecular complexity index is 862. The van der Waals surface area contributed by atoms with Crippen LogP contribution in [0.15, 0.2) is 53.9 Å². The Morgan fingerprint density at radius 3 is 2.76 bits per heavy atom. The number of benzene rings is 2. The Labute approximate surface area is 149 Å². The predicted molar refractivity (Wildman–Crippen MR) is 96.3 cm³/mol. The fourth-order valence-corrected chi connectivity index (χ4v) is 3.06. The van der Waals surface area contributed by atoms with E-state index >= 15 is 0 Å². The number of halogens is 1. The number of hydrogen-bond acceptors (Lipinski definition) is 4. The van der Waals surface area contributed by atoms with E-state index in [1.807, 2.05) is 37.3 Å². The zero-order valence-electron chi connectivity index (χ0n) is 13.7. The largest absolute Gasteiger partial charge is 0.489 e. The molecular weight excluding hydrogens is 339 g/mol. The zero-order chi connectivity index (χ0) is 17.6. The summed E-state index contributed by atoms with van der Waals surface area (Å²) in [5, 5.41) is 5.25. The molecule has 3 aromatic rings. The lowest BCUT2D eigenvalue weighted by molar-refractivity contribution is 0.0951. The number of ether oxygens (including phenoxy) is 1. The van der Waals surface area contributed by atoms with Crippen molar-refractivity contribution in [1.82, 2.24) is 10.3 Å². The molecule has 1 amide bonds. The van der Waals surface area contributed by atoms with Gasteiger partial charge in [0.15, 0.2) is 0 Å². The van der Waals surface area contributed by atoms with E-state index in [-0.39, 0.29) is 11.7 Å². The minimum atomic E-state index is -0.275. The van der Waals surface area contributed by atoms with Crippen molar-refractivity contribution in [2.45, 2.75) is 13.5 Å². The standard InChI is InChI=1S/C19H17FN2O2S/c1-2-21-18(23)17-12-25-19(22-17)14-6-8-16(9-7-14)24-11-13-4-3-5-15(20)10-13/h3-10,12H,2,11H2,1H3,(H,21,23). The zero-order valence-corrected chi connectivity index (χ0v) is 14.5. The summed E-state index contributed by atoms with van der Waals surface area (Å²) in [6, 6.07) is 13.8. The van der Waals surface area contributed by atoms with Gasteiger partial charge < -0.3 is 10.1 Å². The summed E-state index contributed by atoms with van der Waals surface area (Å²) in [4.78, 5) is 16.1. The molecule has 0 fully saturated rings. The van der Waals surface area contributed by atoms with E-state index in [2.05, 4.69) is 10.3 Å². The number of nitrogens with zero attached hydrogens (tertiary/aromatic N) is 1. The van der Waals surface area contributed by atoms with Crippen molar-refractivity contribution in [3.63, 3.8) is 0 Å². The van der Waals surface area contributed by atoms with Crippen LogP contribution >= 0.6 is 11.3 Å². The molecule has 2 aromatic carbocycles. The predicted octanol–water partition coefficient (Wildman–Crippen LogP) is 4.28. The molecule has 0 unspecified atom stereocenters. The van der Waals surface area contributed by atoms with Gasteiger partial charge in [-0.2, -0.15) is 0 Å². The van der Waals surface area contributed by atoms with E-state index in [1.165, 1.54) is 23.5 Å².